The van der Waals surface area contributed by atoms with Gasteiger partial charge in [0.15, 0.2) is 5.82 Å². The molecule has 0 aliphatic carbocycles. The minimum Gasteiger partial charge on any atom is -0.433 e. The van der Waals surface area contributed by atoms with Crippen molar-refractivity contribution >= 4 is 17.3 Å². The number of amides is 1. The molecule has 0 atom stereocenters. The maximum Gasteiger partial charge on any atom is 0.435 e. The average molecular weight is 627 g/mol. The predicted molar refractivity (Wildman–Crippen MR) is 134 cm³/mol. The van der Waals surface area contributed by atoms with Gasteiger partial charge in [0.05, 0.1) is 18.0 Å². The molecule has 1 amide bonds. The number of anilines is 2. The topological polar surface area (TPSA) is 63.7 Å². The van der Waals surface area contributed by atoms with E-state index in [1.807, 2.05) is 0 Å². The largest absolute Gasteiger partial charge is 0.435 e. The second-order valence-electron chi connectivity index (χ2n) is 8.90. The molecule has 3 aromatic rings. The number of benzene rings is 2. The van der Waals surface area contributed by atoms with Crippen LogP contribution < -0.4 is 15.0 Å². The lowest BCUT2D eigenvalue weighted by atomic mass is 9.92. The minimum absolute atomic E-state index is 0.0473. The van der Waals surface area contributed by atoms with Gasteiger partial charge in [0, 0.05) is 35.6 Å². The summed E-state index contributed by atoms with van der Waals surface area (Å²) in [5, 5.41) is 2.36. The molecule has 0 aliphatic heterocycles. The molecule has 234 valence electrons. The number of aryl methyl sites for hydroxylation is 1. The molecule has 0 aliphatic rings. The van der Waals surface area contributed by atoms with Crippen molar-refractivity contribution in [3.05, 3.63) is 82.9 Å². The molecule has 16 heteroatoms. The van der Waals surface area contributed by atoms with E-state index in [9.17, 15) is 44.3 Å². The Bertz CT molecular complexity index is 1400. The van der Waals surface area contributed by atoms with Crippen LogP contribution in [0.1, 0.15) is 34.0 Å². The van der Waals surface area contributed by atoms with Gasteiger partial charge in [-0.3, -0.25) is 9.78 Å². The lowest BCUT2D eigenvalue weighted by Crippen LogP contribution is -2.50. The maximum absolute atomic E-state index is 15.3. The van der Waals surface area contributed by atoms with Gasteiger partial charge in [-0.05, 0) is 49.7 Å². The summed E-state index contributed by atoms with van der Waals surface area (Å²) in [5.74, 6) is -2.56. The molecule has 3 rings (SSSR count). The smallest absolute Gasteiger partial charge is 0.433 e. The molecule has 0 radical (unpaired) electrons. The fourth-order valence-electron chi connectivity index (χ4n) is 4.10. The number of carbonyl (C=O) groups is 1. The number of nitrogens with zero attached hydrogens (tertiary/aromatic N) is 2. The van der Waals surface area contributed by atoms with Crippen LogP contribution in [-0.2, 0) is 17.0 Å². The maximum atomic E-state index is 15.3. The number of rotatable bonds is 11. The Kier molecular flexibility index (Phi) is 10.1. The van der Waals surface area contributed by atoms with E-state index in [1.54, 1.807) is 6.92 Å². The van der Waals surface area contributed by atoms with Crippen molar-refractivity contribution in [3.8, 4) is 5.75 Å². The third kappa shape index (κ3) is 7.12. The van der Waals surface area contributed by atoms with Gasteiger partial charge in [0.1, 0.15) is 12.5 Å². The highest BCUT2D eigenvalue weighted by Crippen LogP contribution is 2.54. The lowest BCUT2D eigenvalue weighted by molar-refractivity contribution is -0.348. The van der Waals surface area contributed by atoms with E-state index in [1.165, 1.54) is 42.7 Å². The van der Waals surface area contributed by atoms with Crippen molar-refractivity contribution < 1.29 is 58.2 Å². The number of hydrogen-bond acceptors (Lipinski definition) is 5. The molecular formula is C27H23F10N3O3. The van der Waals surface area contributed by atoms with Crippen LogP contribution >= 0.6 is 0 Å². The number of ether oxygens (including phenoxy) is 2. The van der Waals surface area contributed by atoms with E-state index in [-0.39, 0.29) is 35.5 Å². The average Bonchev–Trinajstić information content (AvgIpc) is 2.92. The first-order valence-electron chi connectivity index (χ1n) is 12.3. The summed E-state index contributed by atoms with van der Waals surface area (Å²) in [6.45, 7) is -2.15. The van der Waals surface area contributed by atoms with E-state index in [0.717, 1.165) is 11.8 Å². The van der Waals surface area contributed by atoms with Crippen molar-refractivity contribution in [2.75, 3.05) is 23.5 Å². The second kappa shape index (κ2) is 13.1. The molecule has 0 bridgehead atoms. The SMILES string of the molecule is CCN(C(=O)c1ccncc1)c1cccc(COCNc2c(C)cc(C(F)(C(F)(F)F)C(F)(F)F)cc2OC(F)F)c1F. The zero-order valence-electron chi connectivity index (χ0n) is 22.3. The third-order valence-corrected chi connectivity index (χ3v) is 6.14. The normalized spacial score (nSPS) is 12.4. The number of pyridine rings is 1. The third-order valence-electron chi connectivity index (χ3n) is 6.14. The van der Waals surface area contributed by atoms with Gasteiger partial charge in [0.2, 0.25) is 0 Å². The van der Waals surface area contributed by atoms with Gasteiger partial charge in [-0.15, -0.1) is 0 Å². The van der Waals surface area contributed by atoms with E-state index in [4.69, 9.17) is 4.74 Å². The molecule has 0 saturated heterocycles. The van der Waals surface area contributed by atoms with Crippen LogP contribution in [0.15, 0.2) is 54.9 Å². The molecule has 1 aromatic heterocycles. The highest BCUT2D eigenvalue weighted by Gasteiger charge is 2.73. The number of aromatic nitrogens is 1. The number of alkyl halides is 9. The molecule has 2 aromatic carbocycles. The van der Waals surface area contributed by atoms with Crippen molar-refractivity contribution in [1.82, 2.24) is 4.98 Å². The van der Waals surface area contributed by atoms with Crippen molar-refractivity contribution in [1.29, 1.82) is 0 Å². The van der Waals surface area contributed by atoms with Crippen molar-refractivity contribution in [2.45, 2.75) is 45.1 Å². The zero-order valence-corrected chi connectivity index (χ0v) is 22.3. The Hall–Kier alpha value is -4.08. The van der Waals surface area contributed by atoms with Crippen LogP contribution in [0.2, 0.25) is 0 Å². The Morgan fingerprint density at radius 3 is 2.19 bits per heavy atom. The van der Waals surface area contributed by atoms with Crippen LogP contribution in [0.25, 0.3) is 0 Å². The lowest BCUT2D eigenvalue weighted by Gasteiger charge is -2.31. The summed E-state index contributed by atoms with van der Waals surface area (Å²) < 4.78 is 145. The van der Waals surface area contributed by atoms with E-state index in [2.05, 4.69) is 15.0 Å². The second-order valence-corrected chi connectivity index (χ2v) is 8.90. The van der Waals surface area contributed by atoms with E-state index >= 15 is 4.39 Å². The molecule has 1 N–H and O–H groups in total. The molecule has 0 saturated carbocycles. The van der Waals surface area contributed by atoms with Crippen LogP contribution in [0.5, 0.6) is 5.75 Å². The summed E-state index contributed by atoms with van der Waals surface area (Å²) in [7, 11) is 0. The fourth-order valence-corrected chi connectivity index (χ4v) is 4.10. The number of hydrogen-bond donors (Lipinski definition) is 1. The molecular weight excluding hydrogens is 604 g/mol. The van der Waals surface area contributed by atoms with Gasteiger partial charge in [-0.1, -0.05) is 12.1 Å². The van der Waals surface area contributed by atoms with Crippen LogP contribution in [0.3, 0.4) is 0 Å². The Labute approximate surface area is 238 Å². The fraction of sp³-hybridized carbons (Fsp3) is 0.333. The van der Waals surface area contributed by atoms with Crippen LogP contribution in [-0.4, -0.2) is 43.1 Å². The molecule has 43 heavy (non-hydrogen) atoms. The van der Waals surface area contributed by atoms with Gasteiger partial charge in [-0.25, -0.2) is 8.78 Å². The number of halogens is 10. The van der Waals surface area contributed by atoms with E-state index in [0.29, 0.717) is 0 Å². The summed E-state index contributed by atoms with van der Waals surface area (Å²) in [4.78, 5) is 17.9. The minimum atomic E-state index is -6.48. The van der Waals surface area contributed by atoms with Gasteiger partial charge in [0.25, 0.3) is 5.91 Å². The van der Waals surface area contributed by atoms with Crippen molar-refractivity contribution in [3.63, 3.8) is 0 Å². The summed E-state index contributed by atoms with van der Waals surface area (Å²) >= 11 is 0. The zero-order chi connectivity index (χ0) is 32.2. The standard InChI is InChI=1S/C27H23F10N3O3/c1-3-40(23(41)16-7-9-38-10-8-16)19-6-4-5-17(21(19)28)13-42-14-39-22-15(2)11-18(12-20(22)43-24(29)30)25(31,26(32,33)34)27(35,36)37/h4-12,24,39H,3,13-14H2,1-2H3. The van der Waals surface area contributed by atoms with Gasteiger partial charge >= 0.3 is 24.6 Å². The van der Waals surface area contributed by atoms with Crippen molar-refractivity contribution in [2.24, 2.45) is 0 Å². The van der Waals surface area contributed by atoms with Gasteiger partial charge in [-0.2, -0.15) is 35.1 Å². The highest BCUT2D eigenvalue weighted by molar-refractivity contribution is 6.06. The first-order valence-corrected chi connectivity index (χ1v) is 12.3. The molecule has 0 fully saturated rings. The highest BCUT2D eigenvalue weighted by atomic mass is 19.4. The quantitative estimate of drug-likeness (QED) is 0.134. The summed E-state index contributed by atoms with van der Waals surface area (Å²) in [6, 6.07) is 7.06. The first kappa shape index (κ1) is 33.4. The molecule has 6 nitrogen and oxygen atoms in total. The molecule has 0 spiro atoms. The Balaban J connectivity index is 1.82. The Morgan fingerprint density at radius 1 is 1.00 bits per heavy atom. The number of carbonyl (C=O) groups excluding carboxylic acids is 1. The monoisotopic (exact) mass is 627 g/mol. The summed E-state index contributed by atoms with van der Waals surface area (Å²) in [5.41, 5.74) is -8.82. The Morgan fingerprint density at radius 2 is 1.63 bits per heavy atom. The predicted octanol–water partition coefficient (Wildman–Crippen LogP) is 7.67. The van der Waals surface area contributed by atoms with Crippen LogP contribution in [0.4, 0.5) is 55.3 Å². The summed E-state index contributed by atoms with van der Waals surface area (Å²) in [6.07, 6.45) is -10.2. The number of nitrogens with one attached hydrogen (secondary N) is 1. The van der Waals surface area contributed by atoms with E-state index < -0.39 is 72.3 Å². The van der Waals surface area contributed by atoms with Gasteiger partial charge < -0.3 is 19.7 Å². The van der Waals surface area contributed by atoms with Crippen LogP contribution in [0, 0.1) is 12.7 Å². The first-order chi connectivity index (χ1) is 20.0. The molecule has 1 heterocycles. The molecule has 0 unspecified atom stereocenters.